The van der Waals surface area contributed by atoms with E-state index in [-0.39, 0.29) is 16.1 Å². The van der Waals surface area contributed by atoms with Crippen LogP contribution in [0.15, 0.2) is 12.1 Å². The minimum absolute atomic E-state index is 0.0446. The molecule has 0 radical (unpaired) electrons. The van der Waals surface area contributed by atoms with E-state index in [1.54, 1.807) is 0 Å². The van der Waals surface area contributed by atoms with Crippen LogP contribution in [-0.2, 0) is 0 Å². The van der Waals surface area contributed by atoms with E-state index in [1.165, 1.54) is 6.07 Å². The molecule has 0 aliphatic carbocycles. The maximum absolute atomic E-state index is 10.4. The first-order valence-corrected chi connectivity index (χ1v) is 3.86. The number of carbonyl (C=O) groups excluding carboxylic acids is 2. The van der Waals surface area contributed by atoms with Crippen molar-refractivity contribution in [2.45, 2.75) is 0 Å². The molecule has 1 aromatic carbocycles. The Bertz CT molecular complexity index is 416. The Labute approximate surface area is 83.4 Å². The molecule has 0 bridgehead atoms. The summed E-state index contributed by atoms with van der Waals surface area (Å²) in [5, 5.41) is 10.2. The van der Waals surface area contributed by atoms with Gasteiger partial charge >= 0.3 is 0 Å². The zero-order valence-corrected chi connectivity index (χ0v) is 7.52. The number of halogens is 1. The first-order chi connectivity index (χ1) is 6.60. The average molecular weight is 214 g/mol. The van der Waals surface area contributed by atoms with Gasteiger partial charge in [-0.1, -0.05) is 11.6 Å². The van der Waals surface area contributed by atoms with Gasteiger partial charge in [0.15, 0.2) is 6.29 Å². The van der Waals surface area contributed by atoms with Gasteiger partial charge in [-0.3, -0.25) is 19.7 Å². The number of carbonyl (C=O) groups is 2. The van der Waals surface area contributed by atoms with Crippen LogP contribution in [0.4, 0.5) is 5.69 Å². The second-order valence-corrected chi connectivity index (χ2v) is 2.81. The molecule has 72 valence electrons. The Morgan fingerprint density at radius 1 is 1.29 bits per heavy atom. The lowest BCUT2D eigenvalue weighted by Gasteiger charge is -1.99. The summed E-state index contributed by atoms with van der Waals surface area (Å²) < 4.78 is 0. The van der Waals surface area contributed by atoms with E-state index in [0.29, 0.717) is 12.6 Å². The summed E-state index contributed by atoms with van der Waals surface area (Å²) >= 11 is 5.54. The van der Waals surface area contributed by atoms with Crippen molar-refractivity contribution in [3.63, 3.8) is 0 Å². The lowest BCUT2D eigenvalue weighted by atomic mass is 10.1. The molecule has 0 heterocycles. The molecule has 1 aromatic rings. The van der Waals surface area contributed by atoms with Crippen molar-refractivity contribution in [3.8, 4) is 0 Å². The van der Waals surface area contributed by atoms with Crippen LogP contribution in [0, 0.1) is 10.1 Å². The van der Waals surface area contributed by atoms with Gasteiger partial charge in [-0.15, -0.1) is 0 Å². The Hall–Kier alpha value is -1.75. The molecule has 0 unspecified atom stereocenters. The van der Waals surface area contributed by atoms with E-state index < -0.39 is 10.6 Å². The van der Waals surface area contributed by atoms with Gasteiger partial charge in [0.1, 0.15) is 11.3 Å². The molecule has 0 atom stereocenters. The number of nitro groups is 1. The van der Waals surface area contributed by atoms with Crippen molar-refractivity contribution in [1.29, 1.82) is 0 Å². The molecule has 0 aromatic heterocycles. The summed E-state index contributed by atoms with van der Waals surface area (Å²) in [5.41, 5.74) is -0.468. The third-order valence-electron chi connectivity index (χ3n) is 1.56. The van der Waals surface area contributed by atoms with E-state index >= 15 is 0 Å². The standard InChI is InChI=1S/C8H4ClNO4/c9-8-6(4-12)1-5(3-11)2-7(8)10(13)14/h1-4H. The van der Waals surface area contributed by atoms with Crippen LogP contribution in [0.1, 0.15) is 20.7 Å². The third kappa shape index (κ3) is 1.77. The van der Waals surface area contributed by atoms with Gasteiger partial charge in [0.2, 0.25) is 0 Å². The highest BCUT2D eigenvalue weighted by atomic mass is 35.5. The number of nitrogens with zero attached hydrogens (tertiary/aromatic N) is 1. The second kappa shape index (κ2) is 3.97. The fourth-order valence-corrected chi connectivity index (χ4v) is 1.16. The molecule has 0 spiro atoms. The van der Waals surface area contributed by atoms with Crippen molar-refractivity contribution in [2.24, 2.45) is 0 Å². The summed E-state index contributed by atoms with van der Waals surface area (Å²) in [6.07, 6.45) is 0.776. The van der Waals surface area contributed by atoms with Crippen molar-refractivity contribution in [2.75, 3.05) is 0 Å². The van der Waals surface area contributed by atoms with Gasteiger partial charge in [0.05, 0.1) is 4.92 Å². The highest BCUT2D eigenvalue weighted by Gasteiger charge is 2.17. The predicted octanol–water partition coefficient (Wildman–Crippen LogP) is 1.87. The van der Waals surface area contributed by atoms with E-state index in [2.05, 4.69) is 0 Å². The minimum atomic E-state index is -0.748. The van der Waals surface area contributed by atoms with Crippen LogP contribution in [0.5, 0.6) is 0 Å². The molecule has 1 rings (SSSR count). The van der Waals surface area contributed by atoms with Crippen LogP contribution in [0.3, 0.4) is 0 Å². The second-order valence-electron chi connectivity index (χ2n) is 2.44. The average Bonchev–Trinajstić information content (AvgIpc) is 2.17. The summed E-state index contributed by atoms with van der Waals surface area (Å²) in [6.45, 7) is 0. The van der Waals surface area contributed by atoms with Crippen molar-refractivity contribution in [3.05, 3.63) is 38.4 Å². The quantitative estimate of drug-likeness (QED) is 0.436. The lowest BCUT2D eigenvalue weighted by Crippen LogP contribution is -1.95. The van der Waals surface area contributed by atoms with E-state index in [0.717, 1.165) is 6.07 Å². The zero-order valence-electron chi connectivity index (χ0n) is 6.77. The summed E-state index contributed by atoms with van der Waals surface area (Å²) in [4.78, 5) is 30.5. The first kappa shape index (κ1) is 10.3. The summed E-state index contributed by atoms with van der Waals surface area (Å²) in [5.74, 6) is 0. The third-order valence-corrected chi connectivity index (χ3v) is 1.98. The fourth-order valence-electron chi connectivity index (χ4n) is 0.940. The molecular weight excluding hydrogens is 210 g/mol. The summed E-state index contributed by atoms with van der Waals surface area (Å²) in [6, 6.07) is 2.21. The molecule has 0 amide bonds. The van der Waals surface area contributed by atoms with Crippen LogP contribution >= 0.6 is 11.6 Å². The molecule has 0 saturated carbocycles. The predicted molar refractivity (Wildman–Crippen MR) is 48.9 cm³/mol. The first-order valence-electron chi connectivity index (χ1n) is 3.48. The Morgan fingerprint density at radius 2 is 1.93 bits per heavy atom. The van der Waals surface area contributed by atoms with Gasteiger partial charge in [0.25, 0.3) is 5.69 Å². The molecule has 0 aliphatic heterocycles. The number of aldehydes is 2. The topological polar surface area (TPSA) is 77.3 Å². The van der Waals surface area contributed by atoms with Gasteiger partial charge in [0, 0.05) is 17.2 Å². The Kier molecular flexibility index (Phi) is 2.93. The van der Waals surface area contributed by atoms with E-state index in [1.807, 2.05) is 0 Å². The van der Waals surface area contributed by atoms with Crippen molar-refractivity contribution >= 4 is 29.9 Å². The fraction of sp³-hybridized carbons (Fsp3) is 0. The SMILES string of the molecule is O=Cc1cc(C=O)c(Cl)c([N+](=O)[O-])c1. The highest BCUT2D eigenvalue weighted by molar-refractivity contribution is 6.35. The largest absolute Gasteiger partial charge is 0.298 e. The molecule has 0 aliphatic rings. The van der Waals surface area contributed by atoms with Gasteiger partial charge in [-0.2, -0.15) is 0 Å². The maximum atomic E-state index is 10.4. The Balaban J connectivity index is 3.49. The van der Waals surface area contributed by atoms with Crippen LogP contribution in [0.2, 0.25) is 5.02 Å². The normalized spacial score (nSPS) is 9.50. The summed E-state index contributed by atoms with van der Waals surface area (Å²) in [7, 11) is 0. The Morgan fingerprint density at radius 3 is 2.36 bits per heavy atom. The van der Waals surface area contributed by atoms with Crippen molar-refractivity contribution in [1.82, 2.24) is 0 Å². The number of benzene rings is 1. The number of hydrogen-bond acceptors (Lipinski definition) is 4. The minimum Gasteiger partial charge on any atom is -0.298 e. The number of nitro benzene ring substituents is 1. The van der Waals surface area contributed by atoms with E-state index in [9.17, 15) is 19.7 Å². The molecule has 0 N–H and O–H groups in total. The molecule has 0 fully saturated rings. The van der Waals surface area contributed by atoms with Gasteiger partial charge in [-0.25, -0.2) is 0 Å². The highest BCUT2D eigenvalue weighted by Crippen LogP contribution is 2.28. The maximum Gasteiger partial charge on any atom is 0.289 e. The van der Waals surface area contributed by atoms with Crippen LogP contribution in [0.25, 0.3) is 0 Å². The van der Waals surface area contributed by atoms with Gasteiger partial charge in [-0.05, 0) is 6.07 Å². The van der Waals surface area contributed by atoms with Crippen LogP contribution < -0.4 is 0 Å². The molecule has 0 saturated heterocycles. The lowest BCUT2D eigenvalue weighted by molar-refractivity contribution is -0.384. The van der Waals surface area contributed by atoms with Crippen molar-refractivity contribution < 1.29 is 14.5 Å². The molecule has 6 heteroatoms. The monoisotopic (exact) mass is 213 g/mol. The molecular formula is C8H4ClNO4. The number of rotatable bonds is 3. The van der Waals surface area contributed by atoms with Crippen LogP contribution in [-0.4, -0.2) is 17.5 Å². The molecule has 14 heavy (non-hydrogen) atoms. The number of hydrogen-bond donors (Lipinski definition) is 0. The zero-order chi connectivity index (χ0) is 10.7. The van der Waals surface area contributed by atoms with E-state index in [4.69, 9.17) is 11.6 Å². The van der Waals surface area contributed by atoms with Gasteiger partial charge < -0.3 is 0 Å². The molecule has 5 nitrogen and oxygen atoms in total. The smallest absolute Gasteiger partial charge is 0.289 e.